The maximum absolute atomic E-state index is 12.3. The molecule has 0 bridgehead atoms. The monoisotopic (exact) mass is 358 g/mol. The van der Waals surface area contributed by atoms with E-state index in [9.17, 15) is 15.0 Å². The van der Waals surface area contributed by atoms with Gasteiger partial charge in [-0.05, 0) is 30.5 Å². The maximum atomic E-state index is 12.3. The Bertz CT molecular complexity index is 873. The van der Waals surface area contributed by atoms with Crippen LogP contribution in [0.25, 0.3) is 10.2 Å². The van der Waals surface area contributed by atoms with Crippen LogP contribution in [-0.4, -0.2) is 43.4 Å². The van der Waals surface area contributed by atoms with Crippen LogP contribution in [0.5, 0.6) is 0 Å². The van der Waals surface area contributed by atoms with Crippen LogP contribution in [0.15, 0.2) is 30.5 Å². The van der Waals surface area contributed by atoms with Crippen molar-refractivity contribution in [2.45, 2.75) is 37.5 Å². The third-order valence-corrected chi connectivity index (χ3v) is 5.60. The molecule has 4 N–H and O–H groups in total. The minimum Gasteiger partial charge on any atom is -0.383 e. The normalized spacial score (nSPS) is 19.4. The highest BCUT2D eigenvalue weighted by Crippen LogP contribution is 2.28. The Morgan fingerprint density at radius 1 is 1.36 bits per heavy atom. The second-order valence-corrected chi connectivity index (χ2v) is 7.29. The van der Waals surface area contributed by atoms with Crippen molar-refractivity contribution in [2.24, 2.45) is 0 Å². The van der Waals surface area contributed by atoms with Gasteiger partial charge in [-0.15, -0.1) is 11.3 Å². The molecule has 130 valence electrons. The third kappa shape index (κ3) is 3.15. The highest BCUT2D eigenvalue weighted by molar-refractivity contribution is 7.18. The van der Waals surface area contributed by atoms with Crippen molar-refractivity contribution in [3.63, 3.8) is 0 Å². The number of aliphatic hydroxyl groups is 2. The first-order valence-corrected chi connectivity index (χ1v) is 8.96. The van der Waals surface area contributed by atoms with Crippen molar-refractivity contribution in [1.82, 2.24) is 20.5 Å². The predicted octanol–water partition coefficient (Wildman–Crippen LogP) is 1.09. The fourth-order valence-electron chi connectivity index (χ4n) is 3.11. The molecule has 0 saturated heterocycles. The number of nitrogens with zero attached hydrogens (tertiary/aromatic N) is 2. The van der Waals surface area contributed by atoms with Crippen LogP contribution < -0.4 is 5.32 Å². The van der Waals surface area contributed by atoms with Gasteiger partial charge in [-0.1, -0.05) is 12.1 Å². The van der Waals surface area contributed by atoms with Crippen molar-refractivity contribution in [3.05, 3.63) is 46.7 Å². The summed E-state index contributed by atoms with van der Waals surface area (Å²) in [6.45, 7) is 0. The van der Waals surface area contributed by atoms with Crippen LogP contribution in [0.1, 0.15) is 28.8 Å². The van der Waals surface area contributed by atoms with E-state index in [1.807, 2.05) is 24.3 Å². The topological polar surface area (TPSA) is 111 Å². The standard InChI is InChI=1S/C17H18N4O3S/c22-14(15(23)17-20-11-3-1-2-4-13(11)25-17)16(24)19-10-6-5-9-8-18-21-12(9)7-10/h1-4,8,10,14-15,22-23H,5-7H2,(H,18,21)(H,19,24). The van der Waals surface area contributed by atoms with E-state index in [1.165, 1.54) is 16.9 Å². The summed E-state index contributed by atoms with van der Waals surface area (Å²) in [7, 11) is 0. The molecule has 1 aliphatic rings. The number of aliphatic hydroxyl groups excluding tert-OH is 2. The van der Waals surface area contributed by atoms with Crippen molar-refractivity contribution < 1.29 is 15.0 Å². The van der Waals surface area contributed by atoms with E-state index in [4.69, 9.17) is 0 Å². The van der Waals surface area contributed by atoms with Gasteiger partial charge < -0.3 is 15.5 Å². The largest absolute Gasteiger partial charge is 0.383 e. The predicted molar refractivity (Wildman–Crippen MR) is 93.1 cm³/mol. The number of aryl methyl sites for hydroxylation is 1. The number of carbonyl (C=O) groups is 1. The Hall–Kier alpha value is -2.29. The number of thiazole rings is 1. The number of rotatable bonds is 4. The molecule has 1 aromatic carbocycles. The molecule has 3 aromatic rings. The molecular formula is C17H18N4O3S. The van der Waals surface area contributed by atoms with Crippen molar-refractivity contribution in [2.75, 3.05) is 0 Å². The van der Waals surface area contributed by atoms with Gasteiger partial charge in [0, 0.05) is 18.2 Å². The summed E-state index contributed by atoms with van der Waals surface area (Å²) in [5, 5.41) is 30.7. The molecule has 3 unspecified atom stereocenters. The Morgan fingerprint density at radius 2 is 2.20 bits per heavy atom. The first-order chi connectivity index (χ1) is 12.1. The van der Waals surface area contributed by atoms with Crippen molar-refractivity contribution >= 4 is 27.5 Å². The second kappa shape index (κ2) is 6.55. The molecule has 2 aromatic heterocycles. The lowest BCUT2D eigenvalue weighted by Gasteiger charge is -2.25. The summed E-state index contributed by atoms with van der Waals surface area (Å²) in [4.78, 5) is 16.6. The van der Waals surface area contributed by atoms with Crippen LogP contribution in [0.2, 0.25) is 0 Å². The van der Waals surface area contributed by atoms with Gasteiger partial charge in [0.1, 0.15) is 11.1 Å². The number of H-pyrrole nitrogens is 1. The molecule has 0 aliphatic heterocycles. The summed E-state index contributed by atoms with van der Waals surface area (Å²) in [6, 6.07) is 7.37. The van der Waals surface area contributed by atoms with E-state index in [-0.39, 0.29) is 6.04 Å². The zero-order valence-corrected chi connectivity index (χ0v) is 14.2. The highest BCUT2D eigenvalue weighted by atomic mass is 32.1. The van der Waals surface area contributed by atoms with Crippen LogP contribution in [0.3, 0.4) is 0 Å². The van der Waals surface area contributed by atoms with Crippen molar-refractivity contribution in [3.8, 4) is 0 Å². The highest BCUT2D eigenvalue weighted by Gasteiger charge is 2.31. The molecule has 2 heterocycles. The van der Waals surface area contributed by atoms with Crippen LogP contribution in [0.4, 0.5) is 0 Å². The van der Waals surface area contributed by atoms with E-state index in [1.54, 1.807) is 6.20 Å². The number of carbonyl (C=O) groups excluding carboxylic acids is 1. The van der Waals surface area contributed by atoms with Crippen LogP contribution >= 0.6 is 11.3 Å². The molecule has 3 atom stereocenters. The Morgan fingerprint density at radius 3 is 3.04 bits per heavy atom. The summed E-state index contributed by atoms with van der Waals surface area (Å²) in [5.74, 6) is -0.584. The fraction of sp³-hybridized carbons (Fsp3) is 0.353. The molecule has 1 amide bonds. The number of benzene rings is 1. The number of amides is 1. The average Bonchev–Trinajstić information content (AvgIpc) is 3.26. The molecule has 4 rings (SSSR count). The zero-order valence-electron chi connectivity index (χ0n) is 13.3. The van der Waals surface area contributed by atoms with Crippen LogP contribution in [-0.2, 0) is 17.6 Å². The lowest BCUT2D eigenvalue weighted by Crippen LogP contribution is -2.45. The first kappa shape index (κ1) is 16.2. The zero-order chi connectivity index (χ0) is 17.4. The minimum atomic E-state index is -1.55. The SMILES string of the molecule is O=C(NC1CCc2cn[nH]c2C1)C(O)C(O)c1nc2ccccc2s1. The lowest BCUT2D eigenvalue weighted by atomic mass is 9.93. The number of para-hydroxylation sites is 1. The van der Waals surface area contributed by atoms with Crippen LogP contribution in [0, 0.1) is 0 Å². The number of aromatic amines is 1. The number of aromatic nitrogens is 3. The summed E-state index contributed by atoms with van der Waals surface area (Å²) < 4.78 is 0.906. The van der Waals surface area contributed by atoms with Gasteiger partial charge in [-0.3, -0.25) is 9.89 Å². The minimum absolute atomic E-state index is 0.0855. The maximum Gasteiger partial charge on any atom is 0.252 e. The first-order valence-electron chi connectivity index (χ1n) is 8.15. The molecule has 0 saturated carbocycles. The molecule has 1 aliphatic carbocycles. The quantitative estimate of drug-likeness (QED) is 0.558. The summed E-state index contributed by atoms with van der Waals surface area (Å²) in [5.41, 5.74) is 2.92. The number of hydrogen-bond acceptors (Lipinski definition) is 6. The molecule has 25 heavy (non-hydrogen) atoms. The smallest absolute Gasteiger partial charge is 0.252 e. The molecule has 0 spiro atoms. The average molecular weight is 358 g/mol. The molecular weight excluding hydrogens is 340 g/mol. The van der Waals surface area contributed by atoms with E-state index in [2.05, 4.69) is 20.5 Å². The number of fused-ring (bicyclic) bond motifs is 2. The Kier molecular flexibility index (Phi) is 4.24. The van der Waals surface area contributed by atoms with Gasteiger partial charge >= 0.3 is 0 Å². The van der Waals surface area contributed by atoms with Gasteiger partial charge in [0.2, 0.25) is 0 Å². The fourth-order valence-corrected chi connectivity index (χ4v) is 4.10. The third-order valence-electron chi connectivity index (χ3n) is 4.50. The Labute approximate surface area is 147 Å². The van der Waals surface area contributed by atoms with Gasteiger partial charge in [-0.25, -0.2) is 4.98 Å². The summed E-state index contributed by atoms with van der Waals surface area (Å²) >= 11 is 1.27. The van der Waals surface area contributed by atoms with E-state index >= 15 is 0 Å². The molecule has 0 fully saturated rings. The molecule has 0 radical (unpaired) electrons. The number of hydrogen-bond donors (Lipinski definition) is 4. The van der Waals surface area contributed by atoms with Gasteiger partial charge in [0.15, 0.2) is 6.10 Å². The lowest BCUT2D eigenvalue weighted by molar-refractivity contribution is -0.136. The van der Waals surface area contributed by atoms with E-state index in [0.29, 0.717) is 11.4 Å². The second-order valence-electron chi connectivity index (χ2n) is 6.23. The number of nitrogens with one attached hydrogen (secondary N) is 2. The van der Waals surface area contributed by atoms with Gasteiger partial charge in [0.25, 0.3) is 5.91 Å². The van der Waals surface area contributed by atoms with E-state index in [0.717, 1.165) is 28.8 Å². The summed E-state index contributed by atoms with van der Waals surface area (Å²) in [6.07, 6.45) is 1.16. The molecule has 7 nitrogen and oxygen atoms in total. The van der Waals surface area contributed by atoms with E-state index < -0.39 is 18.1 Å². The Balaban J connectivity index is 1.43. The molecule has 8 heteroatoms. The van der Waals surface area contributed by atoms with Gasteiger partial charge in [-0.2, -0.15) is 5.10 Å². The van der Waals surface area contributed by atoms with Gasteiger partial charge in [0.05, 0.1) is 16.4 Å². The van der Waals surface area contributed by atoms with Crippen molar-refractivity contribution in [1.29, 1.82) is 0 Å².